The molecule has 2 saturated heterocycles. The van der Waals surface area contributed by atoms with E-state index in [-0.39, 0.29) is 42.5 Å². The Hall–Kier alpha value is -1.38. The van der Waals surface area contributed by atoms with E-state index >= 15 is 0 Å². The van der Waals surface area contributed by atoms with Crippen LogP contribution in [-0.2, 0) is 14.3 Å². The van der Waals surface area contributed by atoms with Crippen LogP contribution in [0.5, 0.6) is 0 Å². The van der Waals surface area contributed by atoms with Gasteiger partial charge in [0.15, 0.2) is 0 Å². The summed E-state index contributed by atoms with van der Waals surface area (Å²) in [5, 5.41) is 12.1. The molecule has 3 atom stereocenters. The minimum atomic E-state index is -0.803. The van der Waals surface area contributed by atoms with E-state index in [1.807, 2.05) is 23.6 Å². The van der Waals surface area contributed by atoms with Crippen molar-refractivity contribution in [3.8, 4) is 0 Å². The van der Waals surface area contributed by atoms with Gasteiger partial charge < -0.3 is 24.8 Å². The van der Waals surface area contributed by atoms with Gasteiger partial charge in [-0.05, 0) is 33.2 Å². The monoisotopic (exact) mass is 383 g/mol. The Labute approximate surface area is 161 Å². The van der Waals surface area contributed by atoms with Crippen molar-refractivity contribution in [2.75, 3.05) is 32.8 Å². The van der Waals surface area contributed by atoms with Crippen molar-refractivity contribution in [1.29, 1.82) is 0 Å². The zero-order valence-electron chi connectivity index (χ0n) is 16.6. The molecule has 8 nitrogen and oxygen atoms in total. The van der Waals surface area contributed by atoms with Gasteiger partial charge >= 0.3 is 12.0 Å². The van der Waals surface area contributed by atoms with E-state index in [0.717, 1.165) is 25.7 Å². The van der Waals surface area contributed by atoms with E-state index in [0.29, 0.717) is 26.2 Å². The van der Waals surface area contributed by atoms with Gasteiger partial charge in [0.2, 0.25) is 0 Å². The molecule has 3 rings (SSSR count). The molecule has 1 spiro atoms. The summed E-state index contributed by atoms with van der Waals surface area (Å²) < 4.78 is 11.9. The number of carboxylic acids is 1. The van der Waals surface area contributed by atoms with Crippen LogP contribution in [-0.4, -0.2) is 89.6 Å². The minimum Gasteiger partial charge on any atom is -0.480 e. The summed E-state index contributed by atoms with van der Waals surface area (Å²) in [5.41, 5.74) is -0.296. The Morgan fingerprint density at radius 3 is 2.67 bits per heavy atom. The van der Waals surface area contributed by atoms with Gasteiger partial charge in [-0.1, -0.05) is 6.92 Å². The molecule has 1 aliphatic carbocycles. The normalized spacial score (nSPS) is 36.5. The molecule has 27 heavy (non-hydrogen) atoms. The molecule has 0 radical (unpaired) electrons. The summed E-state index contributed by atoms with van der Waals surface area (Å²) >= 11 is 0. The van der Waals surface area contributed by atoms with Gasteiger partial charge in [0.1, 0.15) is 0 Å². The maximum absolute atomic E-state index is 12.8. The summed E-state index contributed by atoms with van der Waals surface area (Å²) in [6, 6.07) is 0.323. The number of hydrogen-bond acceptors (Lipinski definition) is 5. The number of rotatable bonds is 5. The topological polar surface area (TPSA) is 91.3 Å². The van der Waals surface area contributed by atoms with E-state index in [1.54, 1.807) is 0 Å². The van der Waals surface area contributed by atoms with E-state index in [1.165, 1.54) is 0 Å². The summed E-state index contributed by atoms with van der Waals surface area (Å²) in [5.74, 6) is -0.803. The predicted octanol–water partition coefficient (Wildman–Crippen LogP) is 1.29. The minimum absolute atomic E-state index is 0.00934. The number of carbonyl (C=O) groups excluding carboxylic acids is 1. The molecule has 0 aromatic carbocycles. The van der Waals surface area contributed by atoms with Crippen LogP contribution < -0.4 is 5.32 Å². The second kappa shape index (κ2) is 8.32. The fourth-order valence-electron chi connectivity index (χ4n) is 4.70. The van der Waals surface area contributed by atoms with E-state index in [9.17, 15) is 9.59 Å². The number of carbonyl (C=O) groups is 2. The molecule has 2 heterocycles. The second-order valence-electron chi connectivity index (χ2n) is 8.36. The highest BCUT2D eigenvalue weighted by atomic mass is 16.5. The first-order chi connectivity index (χ1) is 12.8. The van der Waals surface area contributed by atoms with Crippen LogP contribution in [0.2, 0.25) is 0 Å². The van der Waals surface area contributed by atoms with Crippen molar-refractivity contribution in [3.05, 3.63) is 0 Å². The number of likely N-dealkylation sites (N-methyl/N-ethyl adjacent to an activating group) is 1. The standard InChI is InChI=1S/C19H33N3O5/c1-4-21(11-17(23)24)16-7-15(8-16)20-18(25)22-10-14(3)27-19(12-22)5-6-26-13(2)9-19/h13-16H,4-12H2,1-3H3,(H,20,25)(H,23,24). The Morgan fingerprint density at radius 1 is 1.30 bits per heavy atom. The van der Waals surface area contributed by atoms with Crippen LogP contribution in [0.4, 0.5) is 4.79 Å². The number of ether oxygens (including phenoxy) is 2. The number of carboxylic acid groups (broad SMARTS) is 1. The lowest BCUT2D eigenvalue weighted by molar-refractivity contribution is -0.189. The van der Waals surface area contributed by atoms with Crippen LogP contribution in [0.1, 0.15) is 46.5 Å². The number of amides is 2. The average molecular weight is 383 g/mol. The summed E-state index contributed by atoms with van der Waals surface area (Å²) in [6.45, 7) is 8.69. The molecule has 0 aromatic heterocycles. The molecule has 154 valence electrons. The molecule has 3 fully saturated rings. The zero-order chi connectivity index (χ0) is 19.6. The quantitative estimate of drug-likeness (QED) is 0.743. The van der Waals surface area contributed by atoms with Crippen molar-refractivity contribution < 1.29 is 24.2 Å². The largest absolute Gasteiger partial charge is 0.480 e. The summed E-state index contributed by atoms with van der Waals surface area (Å²) in [7, 11) is 0. The Balaban J connectivity index is 1.50. The average Bonchev–Trinajstić information content (AvgIpc) is 2.54. The lowest BCUT2D eigenvalue weighted by Crippen LogP contribution is -2.63. The SMILES string of the molecule is CCN(CC(=O)O)C1CC(NC(=O)N2CC(C)OC3(CCOC(C)C3)C2)C1. The van der Waals surface area contributed by atoms with Gasteiger partial charge in [-0.2, -0.15) is 0 Å². The molecule has 0 bridgehead atoms. The van der Waals surface area contributed by atoms with Gasteiger partial charge in [-0.15, -0.1) is 0 Å². The second-order valence-corrected chi connectivity index (χ2v) is 8.36. The van der Waals surface area contributed by atoms with Gasteiger partial charge in [0, 0.05) is 38.1 Å². The van der Waals surface area contributed by atoms with Crippen molar-refractivity contribution in [3.63, 3.8) is 0 Å². The molecule has 2 N–H and O–H groups in total. The number of nitrogens with zero attached hydrogens (tertiary/aromatic N) is 2. The molecular weight excluding hydrogens is 350 g/mol. The zero-order valence-corrected chi connectivity index (χ0v) is 16.6. The molecular formula is C19H33N3O5. The maximum atomic E-state index is 12.8. The third-order valence-corrected chi connectivity index (χ3v) is 6.02. The van der Waals surface area contributed by atoms with Gasteiger partial charge in [-0.25, -0.2) is 4.79 Å². The number of aliphatic carboxylic acids is 1. The first-order valence-corrected chi connectivity index (χ1v) is 10.1. The van der Waals surface area contributed by atoms with Crippen LogP contribution in [0.25, 0.3) is 0 Å². The van der Waals surface area contributed by atoms with Gasteiger partial charge in [0.05, 0.1) is 30.9 Å². The van der Waals surface area contributed by atoms with Gasteiger partial charge in [0.25, 0.3) is 0 Å². The Morgan fingerprint density at radius 2 is 2.04 bits per heavy atom. The molecule has 1 saturated carbocycles. The highest BCUT2D eigenvalue weighted by Crippen LogP contribution is 2.34. The van der Waals surface area contributed by atoms with E-state index < -0.39 is 5.97 Å². The first-order valence-electron chi connectivity index (χ1n) is 10.1. The van der Waals surface area contributed by atoms with Crippen LogP contribution in [0.3, 0.4) is 0 Å². The number of hydrogen-bond donors (Lipinski definition) is 2. The third-order valence-electron chi connectivity index (χ3n) is 6.02. The number of nitrogens with one attached hydrogen (secondary N) is 1. The lowest BCUT2D eigenvalue weighted by Gasteiger charge is -2.49. The Bertz CT molecular complexity index is 549. The fourth-order valence-corrected chi connectivity index (χ4v) is 4.70. The van der Waals surface area contributed by atoms with Crippen LogP contribution >= 0.6 is 0 Å². The first kappa shape index (κ1) is 20.4. The third kappa shape index (κ3) is 4.92. The lowest BCUT2D eigenvalue weighted by atomic mass is 9.85. The van der Waals surface area contributed by atoms with Crippen molar-refractivity contribution >= 4 is 12.0 Å². The molecule has 3 aliphatic rings. The van der Waals surface area contributed by atoms with Gasteiger partial charge in [-0.3, -0.25) is 9.69 Å². The summed E-state index contributed by atoms with van der Waals surface area (Å²) in [4.78, 5) is 27.6. The highest BCUT2D eigenvalue weighted by molar-refractivity contribution is 5.75. The molecule has 3 unspecified atom stereocenters. The predicted molar refractivity (Wildman–Crippen MR) is 99.7 cm³/mol. The smallest absolute Gasteiger partial charge is 0.317 e. The number of morpholine rings is 1. The summed E-state index contributed by atoms with van der Waals surface area (Å²) in [6.07, 6.45) is 3.40. The van der Waals surface area contributed by atoms with Crippen molar-refractivity contribution in [2.24, 2.45) is 0 Å². The Kier molecular flexibility index (Phi) is 6.28. The van der Waals surface area contributed by atoms with Crippen LogP contribution in [0, 0.1) is 0 Å². The molecule has 8 heteroatoms. The van der Waals surface area contributed by atoms with Crippen LogP contribution in [0.15, 0.2) is 0 Å². The molecule has 2 aliphatic heterocycles. The molecule has 2 amide bonds. The fraction of sp³-hybridized carbons (Fsp3) is 0.895. The number of urea groups is 1. The molecule has 0 aromatic rings. The maximum Gasteiger partial charge on any atom is 0.317 e. The highest BCUT2D eigenvalue weighted by Gasteiger charge is 2.44. The van der Waals surface area contributed by atoms with E-state index in [4.69, 9.17) is 14.6 Å². The van der Waals surface area contributed by atoms with Crippen molar-refractivity contribution in [2.45, 2.75) is 76.3 Å². The van der Waals surface area contributed by atoms with E-state index in [2.05, 4.69) is 12.2 Å². The van der Waals surface area contributed by atoms with Crippen molar-refractivity contribution in [1.82, 2.24) is 15.1 Å².